The second kappa shape index (κ2) is 6.49. The third-order valence-corrected chi connectivity index (χ3v) is 6.36. The van der Waals surface area contributed by atoms with Crippen molar-refractivity contribution in [3.63, 3.8) is 0 Å². The molecule has 0 aromatic heterocycles. The summed E-state index contributed by atoms with van der Waals surface area (Å²) in [5.41, 5.74) is 1.29. The van der Waals surface area contributed by atoms with E-state index < -0.39 is 0 Å². The van der Waals surface area contributed by atoms with Gasteiger partial charge in [0.25, 0.3) is 0 Å². The maximum absolute atomic E-state index is 6.20. The molecule has 2 nitrogen and oxygen atoms in total. The van der Waals surface area contributed by atoms with E-state index in [0.717, 1.165) is 28.5 Å². The van der Waals surface area contributed by atoms with Gasteiger partial charge in [0.1, 0.15) is 5.75 Å². The second-order valence-corrected chi connectivity index (χ2v) is 7.94. The van der Waals surface area contributed by atoms with E-state index in [2.05, 4.69) is 23.1 Å². The number of benzene rings is 1. The number of allylic oxidation sites excluding steroid dienone is 2. The first kappa shape index (κ1) is 15.5. The molecule has 0 unspecified atom stereocenters. The summed E-state index contributed by atoms with van der Waals surface area (Å²) in [5.74, 6) is 4.23. The molecule has 3 atom stereocenters. The molecule has 4 rings (SSSR count). The highest BCUT2D eigenvalue weighted by molar-refractivity contribution is 6.30. The lowest BCUT2D eigenvalue weighted by Crippen LogP contribution is -2.37. The molecule has 1 aromatic carbocycles. The van der Waals surface area contributed by atoms with Crippen LogP contribution in [0.5, 0.6) is 5.75 Å². The monoisotopic (exact) mass is 331 g/mol. The highest BCUT2D eigenvalue weighted by atomic mass is 35.5. The Bertz CT molecular complexity index is 591. The number of ether oxygens (including phenoxy) is 1. The lowest BCUT2D eigenvalue weighted by Gasteiger charge is -2.35. The van der Waals surface area contributed by atoms with E-state index in [9.17, 15) is 0 Å². The number of methoxy groups -OCH3 is 1. The number of fused-ring (bicyclic) bond motifs is 2. The van der Waals surface area contributed by atoms with Gasteiger partial charge in [-0.05, 0) is 86.2 Å². The molecule has 2 aliphatic carbocycles. The SMILES string of the molecule is COc1ccc(Cl)cc1C1CCN(C[C@@H]2C[C@H]3C=C[C@H]2C3)CC1. The summed E-state index contributed by atoms with van der Waals surface area (Å²) in [5, 5.41) is 0.817. The molecular weight excluding hydrogens is 306 g/mol. The van der Waals surface area contributed by atoms with Gasteiger partial charge in [0.15, 0.2) is 0 Å². The van der Waals surface area contributed by atoms with Crippen LogP contribution >= 0.6 is 11.6 Å². The summed E-state index contributed by atoms with van der Waals surface area (Å²) in [6.07, 6.45) is 10.2. The summed E-state index contributed by atoms with van der Waals surface area (Å²) in [6, 6.07) is 6.02. The smallest absolute Gasteiger partial charge is 0.122 e. The van der Waals surface area contributed by atoms with Crippen molar-refractivity contribution in [2.45, 2.75) is 31.6 Å². The lowest BCUT2D eigenvalue weighted by molar-refractivity contribution is 0.171. The minimum absolute atomic E-state index is 0.583. The Morgan fingerprint density at radius 2 is 2.00 bits per heavy atom. The second-order valence-electron chi connectivity index (χ2n) is 7.50. The molecule has 3 heteroatoms. The van der Waals surface area contributed by atoms with Crippen LogP contribution in [0.4, 0.5) is 0 Å². The van der Waals surface area contributed by atoms with Crippen LogP contribution in [0.1, 0.15) is 37.2 Å². The molecule has 124 valence electrons. The van der Waals surface area contributed by atoms with Crippen molar-refractivity contribution in [1.29, 1.82) is 0 Å². The Morgan fingerprint density at radius 1 is 1.17 bits per heavy atom. The van der Waals surface area contributed by atoms with Gasteiger partial charge >= 0.3 is 0 Å². The van der Waals surface area contributed by atoms with Gasteiger partial charge in [-0.3, -0.25) is 0 Å². The predicted octanol–water partition coefficient (Wildman–Crippen LogP) is 4.74. The fourth-order valence-corrected chi connectivity index (χ4v) is 5.07. The zero-order chi connectivity index (χ0) is 15.8. The van der Waals surface area contributed by atoms with Gasteiger partial charge in [-0.25, -0.2) is 0 Å². The predicted molar refractivity (Wildman–Crippen MR) is 95.3 cm³/mol. The van der Waals surface area contributed by atoms with Gasteiger partial charge in [0.05, 0.1) is 7.11 Å². The first-order valence-electron chi connectivity index (χ1n) is 8.97. The number of likely N-dealkylation sites (tertiary alicyclic amines) is 1. The van der Waals surface area contributed by atoms with Crippen LogP contribution in [0.3, 0.4) is 0 Å². The van der Waals surface area contributed by atoms with Gasteiger partial charge in [0, 0.05) is 11.6 Å². The Morgan fingerprint density at radius 3 is 2.65 bits per heavy atom. The van der Waals surface area contributed by atoms with E-state index in [-0.39, 0.29) is 0 Å². The molecule has 0 amide bonds. The van der Waals surface area contributed by atoms with Crippen molar-refractivity contribution in [1.82, 2.24) is 4.90 Å². The van der Waals surface area contributed by atoms with E-state index in [1.807, 2.05) is 12.1 Å². The number of rotatable bonds is 4. The average Bonchev–Trinajstić information content (AvgIpc) is 3.18. The molecule has 3 aliphatic rings. The zero-order valence-electron chi connectivity index (χ0n) is 13.9. The van der Waals surface area contributed by atoms with E-state index in [1.54, 1.807) is 7.11 Å². The van der Waals surface area contributed by atoms with Crippen LogP contribution in [0.2, 0.25) is 5.02 Å². The highest BCUT2D eigenvalue weighted by Gasteiger charge is 2.36. The first-order chi connectivity index (χ1) is 11.2. The molecule has 1 heterocycles. The van der Waals surface area contributed by atoms with E-state index in [0.29, 0.717) is 5.92 Å². The number of piperidine rings is 1. The van der Waals surface area contributed by atoms with Gasteiger partial charge in [0.2, 0.25) is 0 Å². The van der Waals surface area contributed by atoms with Crippen molar-refractivity contribution in [3.8, 4) is 5.75 Å². The minimum atomic E-state index is 0.583. The maximum atomic E-state index is 6.20. The highest BCUT2D eigenvalue weighted by Crippen LogP contribution is 2.44. The molecule has 1 aromatic rings. The topological polar surface area (TPSA) is 12.5 Å². The molecule has 2 bridgehead atoms. The molecule has 2 fully saturated rings. The third kappa shape index (κ3) is 3.16. The number of hydrogen-bond acceptors (Lipinski definition) is 2. The first-order valence-corrected chi connectivity index (χ1v) is 9.35. The molecule has 23 heavy (non-hydrogen) atoms. The quantitative estimate of drug-likeness (QED) is 0.739. The maximum Gasteiger partial charge on any atom is 0.122 e. The van der Waals surface area contributed by atoms with E-state index in [1.165, 1.54) is 50.9 Å². The van der Waals surface area contributed by atoms with Crippen LogP contribution in [-0.2, 0) is 0 Å². The van der Waals surface area contributed by atoms with Crippen LogP contribution < -0.4 is 4.74 Å². The Balaban J connectivity index is 1.36. The van der Waals surface area contributed by atoms with Crippen molar-refractivity contribution in [3.05, 3.63) is 40.9 Å². The summed E-state index contributed by atoms with van der Waals surface area (Å²) in [4.78, 5) is 2.69. The fraction of sp³-hybridized carbons (Fsp3) is 0.600. The summed E-state index contributed by atoms with van der Waals surface area (Å²) < 4.78 is 5.54. The fourth-order valence-electron chi connectivity index (χ4n) is 4.89. The van der Waals surface area contributed by atoms with Gasteiger partial charge in [-0.1, -0.05) is 23.8 Å². The van der Waals surface area contributed by atoms with Crippen LogP contribution in [0.25, 0.3) is 0 Å². The molecule has 0 spiro atoms. The summed E-state index contributed by atoms with van der Waals surface area (Å²) in [7, 11) is 1.75. The molecule has 0 radical (unpaired) electrons. The molecule has 1 saturated carbocycles. The normalized spacial score (nSPS) is 31.0. The van der Waals surface area contributed by atoms with Crippen LogP contribution in [-0.4, -0.2) is 31.6 Å². The minimum Gasteiger partial charge on any atom is -0.496 e. The zero-order valence-corrected chi connectivity index (χ0v) is 14.6. The lowest BCUT2D eigenvalue weighted by atomic mass is 9.87. The van der Waals surface area contributed by atoms with Crippen molar-refractivity contribution < 1.29 is 4.74 Å². The number of nitrogens with zero attached hydrogens (tertiary/aromatic N) is 1. The number of halogens is 1. The standard InChI is InChI=1S/C20H26ClNO/c1-23-20-5-4-18(21)12-19(20)15-6-8-22(9-7-15)13-17-11-14-2-3-16(17)10-14/h2-5,12,14-17H,6-11,13H2,1H3/t14-,16-,17-/m0/s1. The molecule has 1 saturated heterocycles. The van der Waals surface area contributed by atoms with Gasteiger partial charge in [-0.15, -0.1) is 0 Å². The largest absolute Gasteiger partial charge is 0.496 e. The van der Waals surface area contributed by atoms with Crippen LogP contribution in [0.15, 0.2) is 30.4 Å². The van der Waals surface area contributed by atoms with Gasteiger partial charge < -0.3 is 9.64 Å². The summed E-state index contributed by atoms with van der Waals surface area (Å²) in [6.45, 7) is 3.71. The Labute approximate surface area is 144 Å². The summed E-state index contributed by atoms with van der Waals surface area (Å²) >= 11 is 6.20. The molecule has 0 N–H and O–H groups in total. The van der Waals surface area contributed by atoms with Gasteiger partial charge in [-0.2, -0.15) is 0 Å². The Kier molecular flexibility index (Phi) is 4.38. The van der Waals surface area contributed by atoms with Crippen molar-refractivity contribution >= 4 is 11.6 Å². The average molecular weight is 332 g/mol. The van der Waals surface area contributed by atoms with E-state index in [4.69, 9.17) is 16.3 Å². The number of hydrogen-bond donors (Lipinski definition) is 0. The van der Waals surface area contributed by atoms with Crippen molar-refractivity contribution in [2.75, 3.05) is 26.7 Å². The third-order valence-electron chi connectivity index (χ3n) is 6.13. The molecular formula is C20H26ClNO. The Hall–Kier alpha value is -0.990. The van der Waals surface area contributed by atoms with E-state index >= 15 is 0 Å². The molecule has 1 aliphatic heterocycles. The van der Waals surface area contributed by atoms with Crippen LogP contribution in [0, 0.1) is 17.8 Å². The van der Waals surface area contributed by atoms with Crippen molar-refractivity contribution in [2.24, 2.45) is 17.8 Å².